The summed E-state index contributed by atoms with van der Waals surface area (Å²) in [6.07, 6.45) is 0. The predicted octanol–water partition coefficient (Wildman–Crippen LogP) is -0.445. The van der Waals surface area contributed by atoms with Gasteiger partial charge in [0.05, 0.1) is 13.2 Å². The molecular weight excluding hydrogens is 354 g/mol. The maximum Gasteiger partial charge on any atom is 0.320 e. The maximum atomic E-state index is 12.0. The zero-order valence-corrected chi connectivity index (χ0v) is 15.4. The Bertz CT molecular complexity index is 607. The highest BCUT2D eigenvalue weighted by molar-refractivity contribution is 5.78. The number of para-hydroxylation sites is 2. The van der Waals surface area contributed by atoms with Gasteiger partial charge in [-0.25, -0.2) is 0 Å². The fraction of sp³-hybridized carbons (Fsp3) is 0.500. The SMILES string of the molecule is CCOC(=O)CN1CCNC(=O)COc2ccccc2OCC(=O)NCC1. The highest BCUT2D eigenvalue weighted by Crippen LogP contribution is 2.26. The average Bonchev–Trinajstić information content (AvgIpc) is 2.65. The summed E-state index contributed by atoms with van der Waals surface area (Å²) < 4.78 is 15.9. The third-order valence-corrected chi connectivity index (χ3v) is 3.73. The van der Waals surface area contributed by atoms with Crippen LogP contribution in [0.3, 0.4) is 0 Å². The zero-order chi connectivity index (χ0) is 19.5. The van der Waals surface area contributed by atoms with Crippen molar-refractivity contribution in [1.29, 1.82) is 0 Å². The van der Waals surface area contributed by atoms with Crippen LogP contribution in [0.2, 0.25) is 0 Å². The van der Waals surface area contributed by atoms with E-state index < -0.39 is 0 Å². The number of hydrogen-bond donors (Lipinski definition) is 2. The maximum absolute atomic E-state index is 12.0. The van der Waals surface area contributed by atoms with Gasteiger partial charge in [-0.05, 0) is 19.1 Å². The average molecular weight is 379 g/mol. The van der Waals surface area contributed by atoms with Gasteiger partial charge in [-0.2, -0.15) is 0 Å². The van der Waals surface area contributed by atoms with Crippen LogP contribution in [0.4, 0.5) is 0 Å². The third-order valence-electron chi connectivity index (χ3n) is 3.73. The van der Waals surface area contributed by atoms with Crippen molar-refractivity contribution >= 4 is 17.8 Å². The minimum atomic E-state index is -0.352. The van der Waals surface area contributed by atoms with Gasteiger partial charge in [-0.15, -0.1) is 0 Å². The number of carbonyl (C=O) groups excluding carboxylic acids is 3. The Labute approximate surface area is 157 Å². The lowest BCUT2D eigenvalue weighted by Gasteiger charge is -2.21. The molecule has 148 valence electrons. The Morgan fingerprint density at radius 1 is 1.04 bits per heavy atom. The largest absolute Gasteiger partial charge is 0.480 e. The molecular formula is C18H25N3O6. The normalized spacial score (nSPS) is 17.1. The molecule has 0 bridgehead atoms. The van der Waals surface area contributed by atoms with Crippen LogP contribution in [0.1, 0.15) is 6.92 Å². The number of hydrogen-bond acceptors (Lipinski definition) is 7. The van der Waals surface area contributed by atoms with Crippen LogP contribution in [0, 0.1) is 0 Å². The highest BCUT2D eigenvalue weighted by atomic mass is 16.5. The van der Waals surface area contributed by atoms with E-state index in [2.05, 4.69) is 10.6 Å². The Morgan fingerprint density at radius 2 is 1.56 bits per heavy atom. The number of nitrogens with one attached hydrogen (secondary N) is 2. The molecule has 1 aromatic rings. The van der Waals surface area contributed by atoms with Crippen LogP contribution < -0.4 is 20.1 Å². The monoisotopic (exact) mass is 379 g/mol. The van der Waals surface area contributed by atoms with E-state index in [1.807, 2.05) is 0 Å². The molecule has 0 fully saturated rings. The summed E-state index contributed by atoms with van der Waals surface area (Å²) in [5, 5.41) is 5.48. The van der Waals surface area contributed by atoms with Crippen molar-refractivity contribution in [3.05, 3.63) is 24.3 Å². The van der Waals surface area contributed by atoms with Gasteiger partial charge in [0.1, 0.15) is 0 Å². The predicted molar refractivity (Wildman–Crippen MR) is 96.5 cm³/mol. The summed E-state index contributed by atoms with van der Waals surface area (Å²) in [6.45, 7) is 3.33. The Morgan fingerprint density at radius 3 is 2.04 bits per heavy atom. The molecule has 2 rings (SSSR count). The van der Waals surface area contributed by atoms with E-state index in [1.54, 1.807) is 36.1 Å². The van der Waals surface area contributed by atoms with Crippen molar-refractivity contribution in [2.24, 2.45) is 0 Å². The number of esters is 1. The highest BCUT2D eigenvalue weighted by Gasteiger charge is 2.14. The molecule has 1 aromatic carbocycles. The van der Waals surface area contributed by atoms with E-state index in [9.17, 15) is 14.4 Å². The third kappa shape index (κ3) is 7.53. The van der Waals surface area contributed by atoms with Crippen molar-refractivity contribution in [2.75, 3.05) is 52.5 Å². The number of amides is 2. The molecule has 1 aliphatic heterocycles. The number of fused-ring (bicyclic) bond motifs is 1. The molecule has 0 unspecified atom stereocenters. The van der Waals surface area contributed by atoms with Crippen LogP contribution in [-0.4, -0.2) is 75.2 Å². The summed E-state index contributed by atoms with van der Waals surface area (Å²) in [4.78, 5) is 37.4. The van der Waals surface area contributed by atoms with Gasteiger partial charge in [0, 0.05) is 26.2 Å². The molecule has 2 N–H and O–H groups in total. The lowest BCUT2D eigenvalue weighted by atomic mass is 10.3. The standard InChI is InChI=1S/C18H25N3O6/c1-2-25-18(24)11-21-9-7-19-16(22)12-26-14-5-3-4-6-15(14)27-13-17(23)20-8-10-21/h3-6H,2,7-13H2,1H3,(H,19,22)(H,20,23). The molecule has 1 aliphatic rings. The molecule has 0 spiro atoms. The van der Waals surface area contributed by atoms with E-state index >= 15 is 0 Å². The van der Waals surface area contributed by atoms with Crippen LogP contribution >= 0.6 is 0 Å². The second-order valence-corrected chi connectivity index (χ2v) is 5.81. The molecule has 27 heavy (non-hydrogen) atoms. The van der Waals surface area contributed by atoms with Crippen LogP contribution in [0.5, 0.6) is 11.5 Å². The molecule has 0 atom stereocenters. The van der Waals surface area contributed by atoms with Crippen molar-refractivity contribution in [2.45, 2.75) is 6.92 Å². The van der Waals surface area contributed by atoms with Gasteiger partial charge in [-0.1, -0.05) is 12.1 Å². The van der Waals surface area contributed by atoms with Gasteiger partial charge < -0.3 is 24.8 Å². The molecule has 0 saturated heterocycles. The molecule has 0 aliphatic carbocycles. The van der Waals surface area contributed by atoms with Crippen LogP contribution in [0.25, 0.3) is 0 Å². The Hall–Kier alpha value is -2.81. The summed E-state index contributed by atoms with van der Waals surface area (Å²) >= 11 is 0. The summed E-state index contributed by atoms with van der Waals surface area (Å²) in [5.74, 6) is -0.149. The molecule has 9 nitrogen and oxygen atoms in total. The van der Waals surface area contributed by atoms with Gasteiger partial charge >= 0.3 is 5.97 Å². The summed E-state index contributed by atoms with van der Waals surface area (Å²) in [6, 6.07) is 6.84. The van der Waals surface area contributed by atoms with Crippen molar-refractivity contribution in [1.82, 2.24) is 15.5 Å². The van der Waals surface area contributed by atoms with E-state index in [4.69, 9.17) is 14.2 Å². The first-order chi connectivity index (χ1) is 13.1. The number of rotatable bonds is 3. The molecule has 0 saturated carbocycles. The quantitative estimate of drug-likeness (QED) is 0.686. The fourth-order valence-electron chi connectivity index (χ4n) is 2.44. The second kappa shape index (κ2) is 11.0. The van der Waals surface area contributed by atoms with E-state index in [0.717, 1.165) is 0 Å². The van der Waals surface area contributed by atoms with Gasteiger partial charge in [0.25, 0.3) is 11.8 Å². The Kier molecular flexibility index (Phi) is 8.37. The van der Waals surface area contributed by atoms with Crippen LogP contribution in [-0.2, 0) is 19.1 Å². The van der Waals surface area contributed by atoms with Crippen molar-refractivity contribution in [3.8, 4) is 11.5 Å². The first-order valence-corrected chi connectivity index (χ1v) is 8.84. The van der Waals surface area contributed by atoms with Gasteiger partial charge in [0.15, 0.2) is 24.7 Å². The number of ether oxygens (including phenoxy) is 3. The molecule has 0 aromatic heterocycles. The minimum Gasteiger partial charge on any atom is -0.480 e. The Balaban J connectivity index is 1.99. The first kappa shape index (κ1) is 20.5. The smallest absolute Gasteiger partial charge is 0.320 e. The van der Waals surface area contributed by atoms with Crippen molar-refractivity contribution in [3.63, 3.8) is 0 Å². The van der Waals surface area contributed by atoms with Gasteiger partial charge in [0.2, 0.25) is 0 Å². The molecule has 1 heterocycles. The van der Waals surface area contributed by atoms with Crippen molar-refractivity contribution < 1.29 is 28.6 Å². The lowest BCUT2D eigenvalue weighted by molar-refractivity contribution is -0.144. The minimum absolute atomic E-state index is 0.0814. The first-order valence-electron chi connectivity index (χ1n) is 8.84. The molecule has 2 amide bonds. The van der Waals surface area contributed by atoms with Crippen LogP contribution in [0.15, 0.2) is 24.3 Å². The number of benzene rings is 1. The second-order valence-electron chi connectivity index (χ2n) is 5.81. The van der Waals surface area contributed by atoms with E-state index in [0.29, 0.717) is 44.3 Å². The summed E-state index contributed by atoms with van der Waals surface area (Å²) in [7, 11) is 0. The topological polar surface area (TPSA) is 106 Å². The van der Waals surface area contributed by atoms with E-state index in [1.165, 1.54) is 0 Å². The summed E-state index contributed by atoms with van der Waals surface area (Å²) in [5.41, 5.74) is 0. The molecule has 0 radical (unpaired) electrons. The van der Waals surface area contributed by atoms with Gasteiger partial charge in [-0.3, -0.25) is 19.3 Å². The lowest BCUT2D eigenvalue weighted by Crippen LogP contribution is -2.43. The fourth-order valence-corrected chi connectivity index (χ4v) is 2.44. The number of carbonyl (C=O) groups is 3. The zero-order valence-electron chi connectivity index (χ0n) is 15.4. The number of nitrogens with zero attached hydrogens (tertiary/aromatic N) is 1. The van der Waals surface area contributed by atoms with E-state index in [-0.39, 0.29) is 37.5 Å². The molecule has 9 heteroatoms.